The van der Waals surface area contributed by atoms with Gasteiger partial charge in [-0.3, -0.25) is 4.79 Å². The normalized spacial score (nSPS) is 12.8. The molecule has 1 unspecified atom stereocenters. The second-order valence-corrected chi connectivity index (χ2v) is 6.56. The fourth-order valence-electron chi connectivity index (χ4n) is 2.71. The summed E-state index contributed by atoms with van der Waals surface area (Å²) in [5.41, 5.74) is 0.786. The molecule has 0 saturated heterocycles. The Morgan fingerprint density at radius 2 is 1.84 bits per heavy atom. The predicted octanol–water partition coefficient (Wildman–Crippen LogP) is 6.40. The van der Waals surface area contributed by atoms with Gasteiger partial charge in [-0.05, 0) is 18.1 Å². The monoisotopic (exact) mass is 424 g/mol. The zero-order chi connectivity index (χ0) is 18.9. The molecule has 1 aromatic rings. The second kappa shape index (κ2) is 10.7. The van der Waals surface area contributed by atoms with Crippen LogP contribution in [0, 0.1) is 0 Å². The average Bonchev–Trinajstić information content (AvgIpc) is 2.53. The van der Waals surface area contributed by atoms with Crippen molar-refractivity contribution in [1.82, 2.24) is 0 Å². The molecule has 0 spiro atoms. The fourth-order valence-corrected chi connectivity index (χ4v) is 3.14. The molecule has 3 nitrogen and oxygen atoms in total. The van der Waals surface area contributed by atoms with Crippen LogP contribution in [0.1, 0.15) is 68.9 Å². The molecule has 0 aliphatic heterocycles. The molecule has 1 N–H and O–H groups in total. The molecule has 0 aromatic heterocycles. The van der Waals surface area contributed by atoms with Gasteiger partial charge in [0.05, 0.1) is 5.92 Å². The van der Waals surface area contributed by atoms with Gasteiger partial charge in [-0.25, -0.2) is 0 Å². The van der Waals surface area contributed by atoms with Crippen molar-refractivity contribution in [3.05, 3.63) is 29.3 Å². The van der Waals surface area contributed by atoms with Gasteiger partial charge in [0.2, 0.25) is 0 Å². The fraction of sp³-hybridized carbons (Fsp3) is 0.611. The molecule has 0 heterocycles. The summed E-state index contributed by atoms with van der Waals surface area (Å²) in [7, 11) is 0. The van der Waals surface area contributed by atoms with E-state index in [1.54, 1.807) is 0 Å². The summed E-state index contributed by atoms with van der Waals surface area (Å²) in [5, 5.41) is 9.61. The van der Waals surface area contributed by atoms with E-state index in [0.717, 1.165) is 32.1 Å². The molecule has 0 aliphatic rings. The second-order valence-electron chi connectivity index (χ2n) is 6.00. The summed E-state index contributed by atoms with van der Waals surface area (Å²) in [5.74, 6) is -1.99. The molecule has 0 bridgehead atoms. The predicted molar refractivity (Wildman–Crippen MR) is 94.1 cm³/mol. The maximum atomic E-state index is 12.4. The quantitative estimate of drug-likeness (QED) is 0.330. The van der Waals surface area contributed by atoms with Crippen LogP contribution in [-0.2, 0) is 10.1 Å². The number of carboxylic acids is 1. The van der Waals surface area contributed by atoms with Gasteiger partial charge in [-0.15, -0.1) is 13.2 Å². The van der Waals surface area contributed by atoms with E-state index in [1.165, 1.54) is 24.6 Å². The van der Waals surface area contributed by atoms with Gasteiger partial charge in [-0.1, -0.05) is 73.5 Å². The number of hydrogen-bond acceptors (Lipinski definition) is 2. The van der Waals surface area contributed by atoms with Crippen LogP contribution in [-0.4, -0.2) is 17.4 Å². The van der Waals surface area contributed by atoms with Crippen LogP contribution in [0.5, 0.6) is 5.75 Å². The molecule has 0 saturated carbocycles. The molecule has 0 fully saturated rings. The maximum Gasteiger partial charge on any atom is 0.573 e. The smallest absolute Gasteiger partial charge is 0.481 e. The Balaban J connectivity index is 2.77. The van der Waals surface area contributed by atoms with Gasteiger partial charge in [0, 0.05) is 10.9 Å². The zero-order valence-corrected chi connectivity index (χ0v) is 15.8. The van der Waals surface area contributed by atoms with Crippen LogP contribution in [0.3, 0.4) is 0 Å². The van der Waals surface area contributed by atoms with Crippen molar-refractivity contribution in [3.63, 3.8) is 0 Å². The van der Waals surface area contributed by atoms with E-state index in [0.29, 0.717) is 12.0 Å². The molecule has 1 aromatic carbocycles. The molecular formula is C18H24BrF3O3. The highest BCUT2D eigenvalue weighted by molar-refractivity contribution is 9.08. The van der Waals surface area contributed by atoms with Crippen molar-refractivity contribution in [2.75, 3.05) is 0 Å². The lowest BCUT2D eigenvalue weighted by Crippen LogP contribution is -2.18. The van der Waals surface area contributed by atoms with E-state index >= 15 is 0 Å². The van der Waals surface area contributed by atoms with Crippen molar-refractivity contribution in [2.24, 2.45) is 0 Å². The number of carboxylic acid groups (broad SMARTS) is 1. The summed E-state index contributed by atoms with van der Waals surface area (Å²) in [6.07, 6.45) is 1.99. The molecule has 0 aliphatic carbocycles. The largest absolute Gasteiger partial charge is 0.573 e. The molecule has 1 atom stereocenters. The van der Waals surface area contributed by atoms with Crippen LogP contribution in [0.25, 0.3) is 0 Å². The Hall–Kier alpha value is -1.24. The van der Waals surface area contributed by atoms with Gasteiger partial charge >= 0.3 is 12.3 Å². The van der Waals surface area contributed by atoms with E-state index in [-0.39, 0.29) is 16.6 Å². The minimum absolute atomic E-state index is 0.148. The molecule has 0 radical (unpaired) electrons. The lowest BCUT2D eigenvalue weighted by atomic mass is 9.92. The minimum Gasteiger partial charge on any atom is -0.481 e. The van der Waals surface area contributed by atoms with Crippen LogP contribution in [0.4, 0.5) is 13.2 Å². The number of benzene rings is 1. The van der Waals surface area contributed by atoms with Gasteiger partial charge in [0.25, 0.3) is 0 Å². The first-order valence-electron chi connectivity index (χ1n) is 8.45. The molecule has 0 amide bonds. The van der Waals surface area contributed by atoms with Crippen molar-refractivity contribution >= 4 is 21.9 Å². The first kappa shape index (κ1) is 21.8. The number of carbonyl (C=O) groups is 1. The van der Waals surface area contributed by atoms with Gasteiger partial charge < -0.3 is 9.84 Å². The molecule has 25 heavy (non-hydrogen) atoms. The van der Waals surface area contributed by atoms with Crippen molar-refractivity contribution in [2.45, 2.75) is 69.5 Å². The van der Waals surface area contributed by atoms with E-state index in [4.69, 9.17) is 0 Å². The number of ether oxygens (including phenoxy) is 1. The molecule has 142 valence electrons. The van der Waals surface area contributed by atoms with Crippen LogP contribution in [0.15, 0.2) is 18.2 Å². The molecular weight excluding hydrogens is 401 g/mol. The third-order valence-electron chi connectivity index (χ3n) is 4.00. The summed E-state index contributed by atoms with van der Waals surface area (Å²) < 4.78 is 41.2. The Morgan fingerprint density at radius 1 is 1.20 bits per heavy atom. The lowest BCUT2D eigenvalue weighted by molar-refractivity contribution is -0.274. The maximum absolute atomic E-state index is 12.4. The SMILES string of the molecule is CCCCCCCCC(C(=O)O)c1ccc(OC(F)(F)F)c(CBr)c1. The van der Waals surface area contributed by atoms with Gasteiger partial charge in [0.15, 0.2) is 0 Å². The Bertz CT molecular complexity index is 547. The Morgan fingerprint density at radius 3 is 2.40 bits per heavy atom. The Labute approximate surface area is 154 Å². The van der Waals surface area contributed by atoms with Crippen LogP contribution < -0.4 is 4.74 Å². The highest BCUT2D eigenvalue weighted by Gasteiger charge is 2.32. The van der Waals surface area contributed by atoms with Crippen molar-refractivity contribution in [1.29, 1.82) is 0 Å². The van der Waals surface area contributed by atoms with E-state index < -0.39 is 18.2 Å². The van der Waals surface area contributed by atoms with E-state index in [9.17, 15) is 23.1 Å². The average molecular weight is 425 g/mol. The third-order valence-corrected chi connectivity index (χ3v) is 4.61. The number of alkyl halides is 4. The number of hydrogen-bond donors (Lipinski definition) is 1. The summed E-state index contributed by atoms with van der Waals surface area (Å²) in [6, 6.07) is 4.07. The number of aliphatic carboxylic acids is 1. The van der Waals surface area contributed by atoms with Crippen LogP contribution >= 0.6 is 15.9 Å². The lowest BCUT2D eigenvalue weighted by Gasteiger charge is -2.17. The van der Waals surface area contributed by atoms with E-state index in [1.807, 2.05) is 0 Å². The Kier molecular flexibility index (Phi) is 9.32. The van der Waals surface area contributed by atoms with Crippen LogP contribution in [0.2, 0.25) is 0 Å². The number of halogens is 4. The number of rotatable bonds is 11. The van der Waals surface area contributed by atoms with Gasteiger partial charge in [-0.2, -0.15) is 0 Å². The zero-order valence-electron chi connectivity index (χ0n) is 14.2. The molecule has 7 heteroatoms. The highest BCUT2D eigenvalue weighted by Crippen LogP contribution is 2.32. The van der Waals surface area contributed by atoms with E-state index in [2.05, 4.69) is 27.6 Å². The highest BCUT2D eigenvalue weighted by atomic mass is 79.9. The standard InChI is InChI=1S/C18H24BrF3O3/c1-2-3-4-5-6-7-8-15(17(23)24)13-9-10-16(14(11-13)12-19)25-18(20,21)22/h9-11,15H,2-8,12H2,1H3,(H,23,24). The van der Waals surface area contributed by atoms with Crippen molar-refractivity contribution in [3.8, 4) is 5.75 Å². The van der Waals surface area contributed by atoms with Crippen molar-refractivity contribution < 1.29 is 27.8 Å². The minimum atomic E-state index is -4.77. The van der Waals surface area contributed by atoms with Gasteiger partial charge in [0.1, 0.15) is 5.75 Å². The first-order valence-corrected chi connectivity index (χ1v) is 9.58. The topological polar surface area (TPSA) is 46.5 Å². The molecule has 1 rings (SSSR count). The summed E-state index contributed by atoms with van der Waals surface area (Å²) >= 11 is 3.13. The summed E-state index contributed by atoms with van der Waals surface area (Å²) in [4.78, 5) is 11.6. The summed E-state index contributed by atoms with van der Waals surface area (Å²) in [6.45, 7) is 2.13. The first-order chi connectivity index (χ1) is 11.8. The third kappa shape index (κ3) is 8.12. The number of unbranched alkanes of at least 4 members (excludes halogenated alkanes) is 5.